The second-order valence-electron chi connectivity index (χ2n) is 5.09. The molecule has 3 aromatic heterocycles. The SMILES string of the molecule is Cc1cc(CS(=O)(=O)Cc2cn3c(C)cccc3n2)on1. The normalized spacial score (nSPS) is 12.1. The largest absolute Gasteiger partial charge is 0.360 e. The zero-order valence-corrected chi connectivity index (χ0v) is 12.6. The van der Waals surface area contributed by atoms with Gasteiger partial charge in [-0.25, -0.2) is 13.4 Å². The van der Waals surface area contributed by atoms with Gasteiger partial charge in [-0.3, -0.25) is 0 Å². The number of imidazole rings is 1. The Hall–Kier alpha value is -2.15. The van der Waals surface area contributed by atoms with E-state index in [4.69, 9.17) is 4.52 Å². The average molecular weight is 305 g/mol. The van der Waals surface area contributed by atoms with Crippen molar-refractivity contribution in [2.75, 3.05) is 0 Å². The van der Waals surface area contributed by atoms with Gasteiger partial charge in [-0.2, -0.15) is 0 Å². The lowest BCUT2D eigenvalue weighted by Gasteiger charge is -1.98. The van der Waals surface area contributed by atoms with E-state index in [9.17, 15) is 8.42 Å². The predicted molar refractivity (Wildman–Crippen MR) is 77.5 cm³/mol. The standard InChI is InChI=1S/C14H15N3O3S/c1-10-6-13(20-16-10)9-21(18,19)8-12-7-17-11(2)4-3-5-14(17)15-12/h3-7H,8-9H2,1-2H3. The molecule has 0 saturated carbocycles. The molecule has 0 aliphatic heterocycles. The molecule has 21 heavy (non-hydrogen) atoms. The summed E-state index contributed by atoms with van der Waals surface area (Å²) in [5.74, 6) is 0.0709. The number of rotatable bonds is 4. The van der Waals surface area contributed by atoms with Crippen LogP contribution >= 0.6 is 0 Å². The number of nitrogens with zero attached hydrogens (tertiary/aromatic N) is 3. The van der Waals surface area contributed by atoms with E-state index in [1.807, 2.05) is 29.5 Å². The minimum absolute atomic E-state index is 0.117. The number of fused-ring (bicyclic) bond motifs is 1. The molecule has 7 heteroatoms. The Morgan fingerprint density at radius 3 is 2.71 bits per heavy atom. The van der Waals surface area contributed by atoms with Crippen molar-refractivity contribution in [2.24, 2.45) is 0 Å². The molecule has 0 aromatic carbocycles. The van der Waals surface area contributed by atoms with Crippen LogP contribution in [0, 0.1) is 13.8 Å². The Morgan fingerprint density at radius 2 is 2.05 bits per heavy atom. The second kappa shape index (κ2) is 5.00. The molecule has 110 valence electrons. The summed E-state index contributed by atoms with van der Waals surface area (Å²) in [6, 6.07) is 7.33. The number of pyridine rings is 1. The maximum absolute atomic E-state index is 12.2. The van der Waals surface area contributed by atoms with Crippen molar-refractivity contribution in [1.29, 1.82) is 0 Å². The molecule has 3 aromatic rings. The Labute approximate surface area is 122 Å². The molecule has 0 fully saturated rings. The zero-order chi connectivity index (χ0) is 15.0. The summed E-state index contributed by atoms with van der Waals surface area (Å²) in [7, 11) is -3.34. The van der Waals surface area contributed by atoms with E-state index in [1.165, 1.54) is 0 Å². The van der Waals surface area contributed by atoms with Crippen LogP contribution in [0.2, 0.25) is 0 Å². The highest BCUT2D eigenvalue weighted by Gasteiger charge is 2.18. The second-order valence-corrected chi connectivity index (χ2v) is 7.16. The predicted octanol–water partition coefficient (Wildman–Crippen LogP) is 2.05. The fourth-order valence-electron chi connectivity index (χ4n) is 2.25. The molecule has 0 N–H and O–H groups in total. The highest BCUT2D eigenvalue weighted by Crippen LogP contribution is 2.15. The molecule has 3 heterocycles. The van der Waals surface area contributed by atoms with Crippen molar-refractivity contribution >= 4 is 15.5 Å². The molecule has 3 rings (SSSR count). The first kappa shape index (κ1) is 13.8. The van der Waals surface area contributed by atoms with E-state index in [1.54, 1.807) is 19.2 Å². The lowest BCUT2D eigenvalue weighted by atomic mass is 10.4. The third kappa shape index (κ3) is 2.97. The van der Waals surface area contributed by atoms with E-state index in [0.717, 1.165) is 11.3 Å². The molecule has 0 unspecified atom stereocenters. The highest BCUT2D eigenvalue weighted by atomic mass is 32.2. The van der Waals surface area contributed by atoms with Gasteiger partial charge in [-0.15, -0.1) is 0 Å². The highest BCUT2D eigenvalue weighted by molar-refractivity contribution is 7.89. The maximum Gasteiger partial charge on any atom is 0.163 e. The summed E-state index contributed by atoms with van der Waals surface area (Å²) >= 11 is 0. The van der Waals surface area contributed by atoms with Crippen molar-refractivity contribution < 1.29 is 12.9 Å². The molecule has 0 aliphatic rings. The molecule has 0 atom stereocenters. The molecule has 0 saturated heterocycles. The van der Waals surface area contributed by atoms with Crippen LogP contribution in [0.4, 0.5) is 0 Å². The summed E-state index contributed by atoms with van der Waals surface area (Å²) in [6.07, 6.45) is 1.76. The van der Waals surface area contributed by atoms with Crippen LogP contribution in [0.15, 0.2) is 35.0 Å². The Balaban J connectivity index is 1.85. The van der Waals surface area contributed by atoms with E-state index in [-0.39, 0.29) is 11.5 Å². The van der Waals surface area contributed by atoms with Crippen molar-refractivity contribution in [3.8, 4) is 0 Å². The van der Waals surface area contributed by atoms with Crippen LogP contribution in [0.5, 0.6) is 0 Å². The monoisotopic (exact) mass is 305 g/mol. The lowest BCUT2D eigenvalue weighted by Crippen LogP contribution is -2.07. The molecule has 0 bridgehead atoms. The van der Waals surface area contributed by atoms with Gasteiger partial charge in [-0.05, 0) is 26.0 Å². The van der Waals surface area contributed by atoms with Gasteiger partial charge in [0.05, 0.1) is 17.1 Å². The fourth-order valence-corrected chi connectivity index (χ4v) is 3.51. The van der Waals surface area contributed by atoms with Crippen molar-refractivity contribution in [2.45, 2.75) is 25.4 Å². The Bertz CT molecular complexity index is 893. The number of hydrogen-bond donors (Lipinski definition) is 0. The maximum atomic E-state index is 12.2. The summed E-state index contributed by atoms with van der Waals surface area (Å²) in [5.41, 5.74) is 2.95. The molecular weight excluding hydrogens is 290 g/mol. The minimum Gasteiger partial charge on any atom is -0.360 e. The summed E-state index contributed by atoms with van der Waals surface area (Å²) < 4.78 is 31.2. The topological polar surface area (TPSA) is 77.5 Å². The van der Waals surface area contributed by atoms with Crippen LogP contribution in [0.3, 0.4) is 0 Å². The Kier molecular flexibility index (Phi) is 3.29. The van der Waals surface area contributed by atoms with Gasteiger partial charge in [0.1, 0.15) is 11.4 Å². The van der Waals surface area contributed by atoms with Crippen molar-refractivity contribution in [3.63, 3.8) is 0 Å². The van der Waals surface area contributed by atoms with Crippen LogP contribution < -0.4 is 0 Å². The van der Waals surface area contributed by atoms with Gasteiger partial charge in [-0.1, -0.05) is 11.2 Å². The smallest absolute Gasteiger partial charge is 0.163 e. The molecule has 6 nitrogen and oxygen atoms in total. The first-order valence-electron chi connectivity index (χ1n) is 6.49. The zero-order valence-electron chi connectivity index (χ0n) is 11.8. The fraction of sp³-hybridized carbons (Fsp3) is 0.286. The van der Waals surface area contributed by atoms with Crippen molar-refractivity contribution in [3.05, 3.63) is 53.3 Å². The van der Waals surface area contributed by atoms with Gasteiger partial charge in [0.2, 0.25) is 0 Å². The quantitative estimate of drug-likeness (QED) is 0.737. The van der Waals surface area contributed by atoms with E-state index < -0.39 is 9.84 Å². The number of hydrogen-bond acceptors (Lipinski definition) is 5. The number of aryl methyl sites for hydroxylation is 2. The average Bonchev–Trinajstić information content (AvgIpc) is 2.95. The summed E-state index contributed by atoms with van der Waals surface area (Å²) in [4.78, 5) is 4.34. The van der Waals surface area contributed by atoms with E-state index >= 15 is 0 Å². The number of aromatic nitrogens is 3. The third-order valence-electron chi connectivity index (χ3n) is 3.15. The summed E-state index contributed by atoms with van der Waals surface area (Å²) in [6.45, 7) is 3.70. The van der Waals surface area contributed by atoms with Gasteiger partial charge >= 0.3 is 0 Å². The Morgan fingerprint density at radius 1 is 1.24 bits per heavy atom. The molecule has 0 amide bonds. The van der Waals surface area contributed by atoms with E-state index in [2.05, 4.69) is 10.1 Å². The summed E-state index contributed by atoms with van der Waals surface area (Å²) in [5, 5.41) is 3.70. The minimum atomic E-state index is -3.34. The van der Waals surface area contributed by atoms with Crippen molar-refractivity contribution in [1.82, 2.24) is 14.5 Å². The molecule has 0 aliphatic carbocycles. The van der Waals surface area contributed by atoms with Crippen LogP contribution in [-0.2, 0) is 21.3 Å². The molecule has 0 radical (unpaired) electrons. The first-order valence-corrected chi connectivity index (χ1v) is 8.31. The van der Waals surface area contributed by atoms with Gasteiger partial charge in [0.15, 0.2) is 15.6 Å². The molecule has 0 spiro atoms. The van der Waals surface area contributed by atoms with E-state index in [0.29, 0.717) is 17.1 Å². The van der Waals surface area contributed by atoms with Crippen LogP contribution in [0.25, 0.3) is 5.65 Å². The lowest BCUT2D eigenvalue weighted by molar-refractivity contribution is 0.388. The van der Waals surface area contributed by atoms with Gasteiger partial charge < -0.3 is 8.92 Å². The number of sulfone groups is 1. The first-order chi connectivity index (χ1) is 9.93. The van der Waals surface area contributed by atoms with Crippen LogP contribution in [-0.4, -0.2) is 23.0 Å². The third-order valence-corrected chi connectivity index (χ3v) is 4.61. The molecular formula is C14H15N3O3S. The van der Waals surface area contributed by atoms with Gasteiger partial charge in [0.25, 0.3) is 0 Å². The van der Waals surface area contributed by atoms with Crippen LogP contribution in [0.1, 0.15) is 22.8 Å². The van der Waals surface area contributed by atoms with Gasteiger partial charge in [0, 0.05) is 18.0 Å².